The van der Waals surface area contributed by atoms with Crippen molar-refractivity contribution >= 4 is 27.4 Å². The topological polar surface area (TPSA) is 41.1 Å². The van der Waals surface area contributed by atoms with Gasteiger partial charge in [-0.25, -0.2) is 14.4 Å². The molecule has 0 aliphatic carbocycles. The molecule has 104 valence electrons. The van der Waals surface area contributed by atoms with Crippen molar-refractivity contribution < 1.29 is 4.39 Å². The molecule has 1 aliphatic rings. The van der Waals surface area contributed by atoms with E-state index in [0.29, 0.717) is 4.73 Å². The molecule has 1 aromatic carbocycles. The van der Waals surface area contributed by atoms with E-state index in [2.05, 4.69) is 31.2 Å². The lowest BCUT2D eigenvalue weighted by molar-refractivity contribution is 0.623. The van der Waals surface area contributed by atoms with Crippen molar-refractivity contribution in [2.45, 2.75) is 13.0 Å². The van der Waals surface area contributed by atoms with Crippen LogP contribution >= 0.6 is 15.9 Å². The summed E-state index contributed by atoms with van der Waals surface area (Å²) in [6, 6.07) is 6.39. The fourth-order valence-electron chi connectivity index (χ4n) is 2.36. The first-order chi connectivity index (χ1) is 9.65. The van der Waals surface area contributed by atoms with Gasteiger partial charge in [0.1, 0.15) is 11.6 Å². The number of halogens is 2. The number of rotatable bonds is 2. The molecule has 0 radical (unpaired) electrons. The molecule has 2 aromatic rings. The number of anilines is 2. The maximum Gasteiger partial charge on any atom is 0.198 e. The molecule has 0 spiro atoms. The molecule has 0 amide bonds. The summed E-state index contributed by atoms with van der Waals surface area (Å²) in [6.45, 7) is 1.68. The van der Waals surface area contributed by atoms with Gasteiger partial charge in [-0.15, -0.1) is 0 Å². The van der Waals surface area contributed by atoms with Gasteiger partial charge in [-0.2, -0.15) is 0 Å². The van der Waals surface area contributed by atoms with E-state index in [-0.39, 0.29) is 5.82 Å². The van der Waals surface area contributed by atoms with Gasteiger partial charge in [0.15, 0.2) is 4.73 Å². The largest absolute Gasteiger partial charge is 0.329 e. The zero-order valence-electron chi connectivity index (χ0n) is 11.0. The standard InChI is InChI=1S/C14H14BrFN4/c1-20(10-4-2-9(16)3-5-10)13-11-8-17-7-6-12(11)18-14(15)19-13/h2-5,17H,6-8H2,1H3. The van der Waals surface area contributed by atoms with Crippen molar-refractivity contribution in [2.75, 3.05) is 18.5 Å². The van der Waals surface area contributed by atoms with Crippen molar-refractivity contribution in [1.29, 1.82) is 0 Å². The van der Waals surface area contributed by atoms with Crippen LogP contribution in [0.4, 0.5) is 15.9 Å². The van der Waals surface area contributed by atoms with E-state index >= 15 is 0 Å². The second-order valence-corrected chi connectivity index (χ2v) is 5.41. The minimum absolute atomic E-state index is 0.241. The molecule has 1 aliphatic heterocycles. The maximum absolute atomic E-state index is 13.0. The van der Waals surface area contributed by atoms with Crippen LogP contribution in [0, 0.1) is 5.82 Å². The number of aromatic nitrogens is 2. The normalized spacial score (nSPS) is 13.9. The molecule has 0 saturated heterocycles. The van der Waals surface area contributed by atoms with Crippen LogP contribution < -0.4 is 10.2 Å². The van der Waals surface area contributed by atoms with Gasteiger partial charge in [0.25, 0.3) is 0 Å². The summed E-state index contributed by atoms with van der Waals surface area (Å²) in [4.78, 5) is 10.9. The Hall–Kier alpha value is -1.53. The quantitative estimate of drug-likeness (QED) is 0.856. The maximum atomic E-state index is 13.0. The highest BCUT2D eigenvalue weighted by Gasteiger charge is 2.20. The van der Waals surface area contributed by atoms with Crippen LogP contribution in [0.2, 0.25) is 0 Å². The number of fused-ring (bicyclic) bond motifs is 1. The van der Waals surface area contributed by atoms with Gasteiger partial charge in [0.2, 0.25) is 0 Å². The first-order valence-electron chi connectivity index (χ1n) is 6.40. The highest BCUT2D eigenvalue weighted by Crippen LogP contribution is 2.29. The van der Waals surface area contributed by atoms with Crippen molar-refractivity contribution in [1.82, 2.24) is 15.3 Å². The predicted molar refractivity (Wildman–Crippen MR) is 79.6 cm³/mol. The Morgan fingerprint density at radius 3 is 2.75 bits per heavy atom. The summed E-state index contributed by atoms with van der Waals surface area (Å²) in [7, 11) is 1.93. The third kappa shape index (κ3) is 2.53. The SMILES string of the molecule is CN(c1ccc(F)cc1)c1nc(Br)nc2c1CNCC2. The van der Waals surface area contributed by atoms with E-state index in [4.69, 9.17) is 0 Å². The minimum Gasteiger partial charge on any atom is -0.329 e. The molecular formula is C14H14BrFN4. The van der Waals surface area contributed by atoms with E-state index in [1.807, 2.05) is 11.9 Å². The molecule has 1 aromatic heterocycles. The molecule has 20 heavy (non-hydrogen) atoms. The van der Waals surface area contributed by atoms with Crippen LogP contribution in [-0.4, -0.2) is 23.6 Å². The van der Waals surface area contributed by atoms with Gasteiger partial charge < -0.3 is 10.2 Å². The molecule has 0 saturated carbocycles. The fourth-order valence-corrected chi connectivity index (χ4v) is 2.74. The average Bonchev–Trinajstić information content (AvgIpc) is 2.46. The monoisotopic (exact) mass is 336 g/mol. The van der Waals surface area contributed by atoms with E-state index in [9.17, 15) is 4.39 Å². The number of benzene rings is 1. The smallest absolute Gasteiger partial charge is 0.198 e. The lowest BCUT2D eigenvalue weighted by Crippen LogP contribution is -2.28. The summed E-state index contributed by atoms with van der Waals surface area (Å²) in [5.41, 5.74) is 3.06. The number of hydrogen-bond acceptors (Lipinski definition) is 4. The number of nitrogens with zero attached hydrogens (tertiary/aromatic N) is 3. The van der Waals surface area contributed by atoms with Crippen LogP contribution in [0.25, 0.3) is 0 Å². The van der Waals surface area contributed by atoms with Crippen molar-refractivity contribution in [3.63, 3.8) is 0 Å². The van der Waals surface area contributed by atoms with Gasteiger partial charge in [-0.1, -0.05) is 0 Å². The third-order valence-electron chi connectivity index (χ3n) is 3.42. The zero-order chi connectivity index (χ0) is 14.1. The van der Waals surface area contributed by atoms with Crippen molar-refractivity contribution in [3.8, 4) is 0 Å². The predicted octanol–water partition coefficient (Wildman–Crippen LogP) is 2.79. The van der Waals surface area contributed by atoms with Crippen LogP contribution in [0.5, 0.6) is 0 Å². The summed E-state index contributed by atoms with van der Waals surface area (Å²) in [5, 5.41) is 3.33. The van der Waals surface area contributed by atoms with Gasteiger partial charge in [0, 0.05) is 37.8 Å². The van der Waals surface area contributed by atoms with Gasteiger partial charge in [0.05, 0.1) is 5.69 Å². The van der Waals surface area contributed by atoms with Crippen LogP contribution in [0.1, 0.15) is 11.3 Å². The van der Waals surface area contributed by atoms with Crippen LogP contribution in [-0.2, 0) is 13.0 Å². The lowest BCUT2D eigenvalue weighted by Gasteiger charge is -2.25. The Labute approximate surface area is 125 Å². The Balaban J connectivity index is 2.04. The molecular weight excluding hydrogens is 323 g/mol. The van der Waals surface area contributed by atoms with E-state index in [1.54, 1.807) is 12.1 Å². The average molecular weight is 337 g/mol. The zero-order valence-corrected chi connectivity index (χ0v) is 12.6. The molecule has 3 rings (SSSR count). The molecule has 1 N–H and O–H groups in total. The van der Waals surface area contributed by atoms with Gasteiger partial charge >= 0.3 is 0 Å². The van der Waals surface area contributed by atoms with Crippen LogP contribution in [0.15, 0.2) is 29.0 Å². The Morgan fingerprint density at radius 2 is 2.00 bits per heavy atom. The van der Waals surface area contributed by atoms with Gasteiger partial charge in [-0.3, -0.25) is 0 Å². The molecule has 6 heteroatoms. The van der Waals surface area contributed by atoms with Gasteiger partial charge in [-0.05, 0) is 40.2 Å². The second kappa shape index (κ2) is 5.46. The second-order valence-electron chi connectivity index (χ2n) is 4.70. The summed E-state index contributed by atoms with van der Waals surface area (Å²) < 4.78 is 13.6. The minimum atomic E-state index is -0.241. The van der Waals surface area contributed by atoms with E-state index < -0.39 is 0 Å². The Bertz CT molecular complexity index is 630. The molecule has 0 bridgehead atoms. The summed E-state index contributed by atoms with van der Waals surface area (Å²) in [5.74, 6) is 0.607. The highest BCUT2D eigenvalue weighted by molar-refractivity contribution is 9.10. The molecule has 0 atom stereocenters. The van der Waals surface area contributed by atoms with E-state index in [1.165, 1.54) is 12.1 Å². The van der Waals surface area contributed by atoms with Crippen molar-refractivity contribution in [3.05, 3.63) is 46.1 Å². The molecule has 4 nitrogen and oxygen atoms in total. The number of nitrogens with one attached hydrogen (secondary N) is 1. The van der Waals surface area contributed by atoms with Crippen LogP contribution in [0.3, 0.4) is 0 Å². The third-order valence-corrected chi connectivity index (χ3v) is 3.77. The summed E-state index contributed by atoms with van der Waals surface area (Å²) >= 11 is 3.36. The Kier molecular flexibility index (Phi) is 3.67. The summed E-state index contributed by atoms with van der Waals surface area (Å²) in [6.07, 6.45) is 0.890. The molecule has 0 unspecified atom stereocenters. The first-order valence-corrected chi connectivity index (χ1v) is 7.20. The fraction of sp³-hybridized carbons (Fsp3) is 0.286. The lowest BCUT2D eigenvalue weighted by atomic mass is 10.1. The van der Waals surface area contributed by atoms with E-state index in [0.717, 1.165) is 42.3 Å². The highest BCUT2D eigenvalue weighted by atomic mass is 79.9. The molecule has 2 heterocycles. The number of hydrogen-bond donors (Lipinski definition) is 1. The Morgan fingerprint density at radius 1 is 1.25 bits per heavy atom. The molecule has 0 fully saturated rings. The first kappa shape index (κ1) is 13.5. The van der Waals surface area contributed by atoms with Crippen molar-refractivity contribution in [2.24, 2.45) is 0 Å².